The number of nitrogens with zero attached hydrogens (tertiary/aromatic N) is 2. The summed E-state index contributed by atoms with van der Waals surface area (Å²) in [5, 5.41) is 10.9. The first-order chi connectivity index (χ1) is 12.8. The molecule has 2 atom stereocenters. The molecule has 0 saturated carbocycles. The molecule has 1 aromatic heterocycles. The zero-order valence-corrected chi connectivity index (χ0v) is 16.1. The van der Waals surface area contributed by atoms with E-state index in [1.54, 1.807) is 6.07 Å². The second-order valence-corrected chi connectivity index (χ2v) is 7.87. The van der Waals surface area contributed by atoms with Crippen LogP contribution in [0, 0.1) is 23.1 Å². The summed E-state index contributed by atoms with van der Waals surface area (Å²) in [4.78, 5) is 18.0. The molecule has 2 heterocycles. The van der Waals surface area contributed by atoms with Crippen molar-refractivity contribution >= 4 is 36.3 Å². The molecule has 4 nitrogen and oxygen atoms in total. The first kappa shape index (κ1) is 19.3. The molecule has 0 bridgehead atoms. The van der Waals surface area contributed by atoms with Crippen molar-refractivity contribution in [2.24, 2.45) is 16.6 Å². The van der Waals surface area contributed by atoms with Crippen LogP contribution in [0.2, 0.25) is 0 Å². The van der Waals surface area contributed by atoms with Gasteiger partial charge in [0.05, 0.1) is 11.5 Å². The summed E-state index contributed by atoms with van der Waals surface area (Å²) >= 11 is 1.40. The summed E-state index contributed by atoms with van der Waals surface area (Å²) in [6.07, 6.45) is 1.80. The molecule has 27 heavy (non-hydrogen) atoms. The first-order valence-corrected chi connectivity index (χ1v) is 9.64. The lowest BCUT2D eigenvalue weighted by Gasteiger charge is -2.33. The number of aliphatic imine (C=N–C) groups is 1. The van der Waals surface area contributed by atoms with E-state index in [9.17, 15) is 9.18 Å². The van der Waals surface area contributed by atoms with Gasteiger partial charge in [-0.1, -0.05) is 24.9 Å². The predicted molar refractivity (Wildman–Crippen MR) is 107 cm³/mol. The van der Waals surface area contributed by atoms with E-state index in [1.165, 1.54) is 23.5 Å². The van der Waals surface area contributed by atoms with Crippen molar-refractivity contribution in [1.82, 2.24) is 0 Å². The van der Waals surface area contributed by atoms with Crippen molar-refractivity contribution < 1.29 is 9.18 Å². The topological polar surface area (TPSA) is 79.2 Å². The predicted octanol–water partition coefficient (Wildman–Crippen LogP) is 3.18. The second-order valence-electron chi connectivity index (χ2n) is 6.99. The Morgan fingerprint density at radius 1 is 1.52 bits per heavy atom. The van der Waals surface area contributed by atoms with Crippen molar-refractivity contribution in [2.45, 2.75) is 38.6 Å². The highest BCUT2D eigenvalue weighted by Gasteiger charge is 2.40. The molecule has 7 heteroatoms. The van der Waals surface area contributed by atoms with Crippen molar-refractivity contribution in [3.05, 3.63) is 39.8 Å². The van der Waals surface area contributed by atoms with Crippen LogP contribution in [-0.4, -0.2) is 19.5 Å². The summed E-state index contributed by atoms with van der Waals surface area (Å²) in [6, 6.07) is 6.15. The van der Waals surface area contributed by atoms with Crippen LogP contribution in [0.25, 0.3) is 11.1 Å². The van der Waals surface area contributed by atoms with Gasteiger partial charge in [0.1, 0.15) is 36.9 Å². The van der Waals surface area contributed by atoms with Crippen molar-refractivity contribution in [3.8, 4) is 17.2 Å². The number of rotatable bonds is 4. The fourth-order valence-corrected chi connectivity index (χ4v) is 4.65. The number of nitrogens with two attached hydrogens (primary N) is 1. The summed E-state index contributed by atoms with van der Waals surface area (Å²) in [5.41, 5.74) is 7.09. The van der Waals surface area contributed by atoms with Gasteiger partial charge >= 0.3 is 0 Å². The highest BCUT2D eigenvalue weighted by molar-refractivity contribution is 7.11. The second kappa shape index (κ2) is 7.28. The van der Waals surface area contributed by atoms with Crippen LogP contribution >= 0.6 is 11.3 Å². The third-order valence-corrected chi connectivity index (χ3v) is 6.18. The molecule has 1 aromatic carbocycles. The molecule has 0 amide bonds. The fraction of sp³-hybridized carbons (Fsp3) is 0.350. The standard InChI is InChI=1S/C20H19BFN3OS/c1-3-4-13-16(26)8-20(2,25-19(13)24)18-17(21)14(10-27-18)11-5-6-15(22)12(7-11)9-23/h5-7,10,13H,3-4,8H2,1-2H3,(H2,24,25)/t13?,20-/m0/s1. The molecule has 2 aromatic rings. The minimum absolute atomic E-state index is 0.0385. The maximum Gasteiger partial charge on any atom is 0.146 e. The summed E-state index contributed by atoms with van der Waals surface area (Å²) in [7, 11) is 6.38. The first-order valence-electron chi connectivity index (χ1n) is 8.76. The van der Waals surface area contributed by atoms with Gasteiger partial charge < -0.3 is 5.73 Å². The molecule has 3 rings (SSSR count). The van der Waals surface area contributed by atoms with Gasteiger partial charge in [-0.05, 0) is 42.0 Å². The van der Waals surface area contributed by atoms with E-state index >= 15 is 0 Å². The zero-order chi connectivity index (χ0) is 19.8. The van der Waals surface area contributed by atoms with E-state index in [0.29, 0.717) is 28.8 Å². The number of halogens is 1. The number of ketones is 1. The van der Waals surface area contributed by atoms with Crippen molar-refractivity contribution in [3.63, 3.8) is 0 Å². The van der Waals surface area contributed by atoms with Gasteiger partial charge in [-0.3, -0.25) is 9.79 Å². The van der Waals surface area contributed by atoms with E-state index in [4.69, 9.17) is 18.8 Å². The largest absolute Gasteiger partial charge is 0.387 e. The molecule has 136 valence electrons. The summed E-state index contributed by atoms with van der Waals surface area (Å²) in [5.74, 6) is -0.452. The molecule has 0 fully saturated rings. The SMILES string of the molecule is [B]c1c(-c2ccc(F)c(C#N)c2)csc1[C@]1(C)CC(=O)C(CCC)C(N)=N1. The quantitative estimate of drug-likeness (QED) is 0.829. The number of Topliss-reactive ketones (excluding diaryl/α,β-unsaturated/α-hetero) is 1. The average molecular weight is 379 g/mol. The van der Waals surface area contributed by atoms with Gasteiger partial charge in [0, 0.05) is 11.3 Å². The molecule has 1 aliphatic rings. The van der Waals surface area contributed by atoms with Gasteiger partial charge in [0.25, 0.3) is 0 Å². The number of hydrogen-bond donors (Lipinski definition) is 1. The monoisotopic (exact) mass is 379 g/mol. The Morgan fingerprint density at radius 3 is 2.89 bits per heavy atom. The molecule has 0 aliphatic carbocycles. The maximum atomic E-state index is 13.6. The molecule has 1 aliphatic heterocycles. The minimum Gasteiger partial charge on any atom is -0.387 e. The third kappa shape index (κ3) is 3.42. The van der Waals surface area contributed by atoms with Gasteiger partial charge in [-0.15, -0.1) is 11.3 Å². The van der Waals surface area contributed by atoms with Gasteiger partial charge in [-0.25, -0.2) is 4.39 Å². The minimum atomic E-state index is -0.809. The van der Waals surface area contributed by atoms with Crippen LogP contribution in [-0.2, 0) is 10.3 Å². The molecule has 2 N–H and O–H groups in total. The molecule has 2 radical (unpaired) electrons. The van der Waals surface area contributed by atoms with Crippen LogP contribution in [0.3, 0.4) is 0 Å². The van der Waals surface area contributed by atoms with Crippen LogP contribution in [0.4, 0.5) is 4.39 Å². The number of carbonyl (C=O) groups is 1. The Morgan fingerprint density at radius 2 is 2.26 bits per heavy atom. The number of carbonyl (C=O) groups excluding carboxylic acids is 1. The Balaban J connectivity index is 2.03. The van der Waals surface area contributed by atoms with Crippen LogP contribution in [0.5, 0.6) is 0 Å². The number of nitriles is 1. The molecule has 0 saturated heterocycles. The van der Waals surface area contributed by atoms with Gasteiger partial charge in [0.2, 0.25) is 0 Å². The fourth-order valence-electron chi connectivity index (χ4n) is 3.54. The smallest absolute Gasteiger partial charge is 0.146 e. The van der Waals surface area contributed by atoms with E-state index in [2.05, 4.69) is 4.99 Å². The van der Waals surface area contributed by atoms with Crippen LogP contribution in [0.1, 0.15) is 43.6 Å². The van der Waals surface area contributed by atoms with Gasteiger partial charge in [0.15, 0.2) is 0 Å². The number of thiophene rings is 1. The van der Waals surface area contributed by atoms with Gasteiger partial charge in [-0.2, -0.15) is 5.26 Å². The average Bonchev–Trinajstić information content (AvgIpc) is 3.01. The number of hydrogen-bond acceptors (Lipinski definition) is 5. The van der Waals surface area contributed by atoms with Crippen LogP contribution in [0.15, 0.2) is 28.6 Å². The molecule has 0 spiro atoms. The molecular weight excluding hydrogens is 360 g/mol. The van der Waals surface area contributed by atoms with Crippen LogP contribution < -0.4 is 11.2 Å². The normalized spacial score (nSPS) is 22.4. The Bertz CT molecular complexity index is 978. The Hall–Kier alpha value is -2.46. The summed E-state index contributed by atoms with van der Waals surface area (Å²) in [6.45, 7) is 3.87. The highest BCUT2D eigenvalue weighted by Crippen LogP contribution is 2.39. The zero-order valence-electron chi connectivity index (χ0n) is 15.3. The van der Waals surface area contributed by atoms with E-state index in [0.717, 1.165) is 11.3 Å². The maximum absolute atomic E-state index is 13.6. The lowest BCUT2D eigenvalue weighted by molar-refractivity contribution is -0.122. The highest BCUT2D eigenvalue weighted by atomic mass is 32.1. The van der Waals surface area contributed by atoms with E-state index in [-0.39, 0.29) is 23.7 Å². The third-order valence-electron chi connectivity index (χ3n) is 4.93. The van der Waals surface area contributed by atoms with E-state index in [1.807, 2.05) is 25.3 Å². The number of amidine groups is 1. The van der Waals surface area contributed by atoms with Crippen molar-refractivity contribution in [1.29, 1.82) is 5.26 Å². The lowest BCUT2D eigenvalue weighted by atomic mass is 9.77. The molecular formula is C20H19BFN3OS. The Labute approximate surface area is 163 Å². The summed E-state index contributed by atoms with van der Waals surface area (Å²) < 4.78 is 13.6. The van der Waals surface area contributed by atoms with E-state index < -0.39 is 11.4 Å². The number of benzene rings is 1. The lowest BCUT2D eigenvalue weighted by Crippen LogP contribution is -2.43. The van der Waals surface area contributed by atoms with Crippen molar-refractivity contribution in [2.75, 3.05) is 0 Å². The molecule has 1 unspecified atom stereocenters. The Kier molecular flexibility index (Phi) is 5.21.